The number of hydrogen-bond donors (Lipinski definition) is 2. The van der Waals surface area contributed by atoms with Crippen molar-refractivity contribution in [2.75, 3.05) is 13.7 Å². The molecule has 6 nitrogen and oxygen atoms in total. The third-order valence-corrected chi connectivity index (χ3v) is 3.24. The predicted octanol–water partition coefficient (Wildman–Crippen LogP) is 3.22. The summed E-state index contributed by atoms with van der Waals surface area (Å²) in [6.45, 7) is 11.2. The average Bonchev–Trinajstić information content (AvgIpc) is 2.53. The van der Waals surface area contributed by atoms with Crippen molar-refractivity contribution in [3.05, 3.63) is 47.7 Å². The molecule has 0 radical (unpaired) electrons. The second-order valence-corrected chi connectivity index (χ2v) is 5.67. The van der Waals surface area contributed by atoms with Crippen LogP contribution in [-0.4, -0.2) is 25.2 Å². The van der Waals surface area contributed by atoms with Crippen molar-refractivity contribution < 1.29 is 9.53 Å². The van der Waals surface area contributed by atoms with Gasteiger partial charge in [0.1, 0.15) is 5.72 Å². The van der Waals surface area contributed by atoms with Gasteiger partial charge in [-0.25, -0.2) is 0 Å². The maximum Gasteiger partial charge on any atom is 0.168 e. The van der Waals surface area contributed by atoms with Crippen molar-refractivity contribution in [1.82, 2.24) is 10.7 Å². The number of carbonyl (C=O) groups is 1. The molecular weight excluding hydrogens is 292 g/mol. The zero-order valence-corrected chi connectivity index (χ0v) is 14.3. The van der Waals surface area contributed by atoms with Crippen LogP contribution in [0.3, 0.4) is 0 Å². The van der Waals surface area contributed by atoms with Gasteiger partial charge in [0.05, 0.1) is 12.1 Å². The first-order chi connectivity index (χ1) is 10.9. The van der Waals surface area contributed by atoms with E-state index < -0.39 is 5.72 Å². The average molecular weight is 318 g/mol. The zero-order valence-electron chi connectivity index (χ0n) is 14.3. The summed E-state index contributed by atoms with van der Waals surface area (Å²) < 4.78 is 5.14. The highest BCUT2D eigenvalue weighted by molar-refractivity contribution is 5.97. The van der Waals surface area contributed by atoms with E-state index in [1.165, 1.54) is 0 Å². The number of hydrogen-bond acceptors (Lipinski definition) is 5. The molecule has 0 heterocycles. The van der Waals surface area contributed by atoms with Gasteiger partial charge in [-0.15, -0.1) is 5.11 Å². The van der Waals surface area contributed by atoms with Crippen LogP contribution in [0.5, 0.6) is 0 Å². The molecule has 0 atom stereocenters. The molecule has 0 spiro atoms. The molecule has 0 aliphatic carbocycles. The smallest absolute Gasteiger partial charge is 0.168 e. The first-order valence-electron chi connectivity index (χ1n) is 7.61. The monoisotopic (exact) mass is 318 g/mol. The highest BCUT2D eigenvalue weighted by Crippen LogP contribution is 2.11. The topological polar surface area (TPSA) is 75.1 Å². The third-order valence-electron chi connectivity index (χ3n) is 3.24. The maximum atomic E-state index is 12.2. The van der Waals surface area contributed by atoms with Crippen molar-refractivity contribution in [3.8, 4) is 0 Å². The Hall–Kier alpha value is -2.05. The first kappa shape index (κ1) is 19.0. The fourth-order valence-electron chi connectivity index (χ4n) is 1.66. The standard InChI is InChI=1S/C17H26N4O2/c1-6-18-12-14-7-9-15(10-8-14)16(22)11-13(2)19-21-20-17(3,4)23-5/h7-10,18H,2,6,11-12H2,1,3-5H3,(H,19,20). The van der Waals surface area contributed by atoms with Crippen LogP contribution >= 0.6 is 0 Å². The van der Waals surface area contributed by atoms with Gasteiger partial charge in [-0.1, -0.05) is 43.0 Å². The number of allylic oxidation sites excluding steroid dienone is 1. The van der Waals surface area contributed by atoms with Gasteiger partial charge in [-0.2, -0.15) is 0 Å². The fraction of sp³-hybridized carbons (Fsp3) is 0.471. The van der Waals surface area contributed by atoms with Crippen LogP contribution in [0, 0.1) is 0 Å². The van der Waals surface area contributed by atoms with Crippen molar-refractivity contribution in [1.29, 1.82) is 0 Å². The second-order valence-electron chi connectivity index (χ2n) is 5.67. The van der Waals surface area contributed by atoms with E-state index in [1.807, 2.05) is 38.1 Å². The lowest BCUT2D eigenvalue weighted by Gasteiger charge is -2.20. The number of ketones is 1. The molecule has 23 heavy (non-hydrogen) atoms. The van der Waals surface area contributed by atoms with E-state index in [0.29, 0.717) is 11.3 Å². The van der Waals surface area contributed by atoms with Gasteiger partial charge in [0.2, 0.25) is 0 Å². The third kappa shape index (κ3) is 7.17. The van der Waals surface area contributed by atoms with Crippen LogP contribution in [0.1, 0.15) is 43.1 Å². The normalized spacial score (nSPS) is 11.7. The lowest BCUT2D eigenvalue weighted by atomic mass is 10.1. The maximum absolute atomic E-state index is 12.2. The van der Waals surface area contributed by atoms with Crippen LogP contribution in [0.2, 0.25) is 0 Å². The van der Waals surface area contributed by atoms with Crippen LogP contribution in [0.4, 0.5) is 0 Å². The number of methoxy groups -OCH3 is 1. The molecule has 1 aromatic carbocycles. The Kier molecular flexibility index (Phi) is 7.57. The van der Waals surface area contributed by atoms with Crippen molar-refractivity contribution >= 4 is 5.78 Å². The lowest BCUT2D eigenvalue weighted by Crippen LogP contribution is -2.36. The number of ether oxygens (including phenoxy) is 1. The van der Waals surface area contributed by atoms with Crippen molar-refractivity contribution in [2.45, 2.75) is 39.5 Å². The van der Waals surface area contributed by atoms with Gasteiger partial charge < -0.3 is 10.1 Å². The lowest BCUT2D eigenvalue weighted by molar-refractivity contribution is -0.00820. The molecule has 1 aromatic rings. The molecule has 0 aromatic heterocycles. The molecule has 0 aliphatic heterocycles. The Balaban J connectivity index is 2.52. The molecule has 0 saturated carbocycles. The summed E-state index contributed by atoms with van der Waals surface area (Å²) >= 11 is 0. The molecule has 1 rings (SSSR count). The summed E-state index contributed by atoms with van der Waals surface area (Å²) in [6, 6.07) is 7.54. The number of Topliss-reactive ketones (excluding diaryl/α,β-unsaturated/α-hetero) is 1. The van der Waals surface area contributed by atoms with Crippen molar-refractivity contribution in [3.63, 3.8) is 0 Å². The van der Waals surface area contributed by atoms with Crippen LogP contribution < -0.4 is 10.7 Å². The van der Waals surface area contributed by atoms with Gasteiger partial charge >= 0.3 is 0 Å². The molecule has 0 fully saturated rings. The Morgan fingerprint density at radius 2 is 1.96 bits per heavy atom. The summed E-state index contributed by atoms with van der Waals surface area (Å²) in [6.07, 6.45) is 0.130. The Morgan fingerprint density at radius 1 is 1.30 bits per heavy atom. The summed E-state index contributed by atoms with van der Waals surface area (Å²) in [4.78, 5) is 12.2. The second kappa shape index (κ2) is 9.17. The van der Waals surface area contributed by atoms with Crippen molar-refractivity contribution in [2.24, 2.45) is 10.3 Å². The molecule has 0 unspecified atom stereocenters. The van der Waals surface area contributed by atoms with Crippen LogP contribution in [0.15, 0.2) is 46.9 Å². The molecule has 6 heteroatoms. The minimum absolute atomic E-state index is 0.0325. The minimum Gasteiger partial charge on any atom is -0.358 e. The van der Waals surface area contributed by atoms with E-state index in [-0.39, 0.29) is 12.2 Å². The Bertz CT molecular complexity index is 550. The van der Waals surface area contributed by atoms with Crippen LogP contribution in [0.25, 0.3) is 0 Å². The number of nitrogens with one attached hydrogen (secondary N) is 2. The number of benzene rings is 1. The number of rotatable bonds is 10. The molecule has 0 amide bonds. The van der Waals surface area contributed by atoms with Gasteiger partial charge in [0.25, 0.3) is 0 Å². The highest BCUT2D eigenvalue weighted by Gasteiger charge is 2.14. The SMILES string of the molecule is C=C(CC(=O)c1ccc(CNCC)cc1)/N=N\NC(C)(C)OC. The Labute approximate surface area is 138 Å². The van der Waals surface area contributed by atoms with Crippen LogP contribution in [-0.2, 0) is 11.3 Å². The predicted molar refractivity (Wildman–Crippen MR) is 91.0 cm³/mol. The number of carbonyl (C=O) groups excluding carboxylic acids is 1. The summed E-state index contributed by atoms with van der Waals surface area (Å²) in [7, 11) is 1.57. The van der Waals surface area contributed by atoms with Gasteiger partial charge in [0, 0.05) is 19.2 Å². The zero-order chi connectivity index (χ0) is 17.3. The van der Waals surface area contributed by atoms with E-state index in [2.05, 4.69) is 34.6 Å². The van der Waals surface area contributed by atoms with E-state index >= 15 is 0 Å². The summed E-state index contributed by atoms with van der Waals surface area (Å²) in [5.74, 6) is -0.0325. The molecule has 0 bridgehead atoms. The first-order valence-corrected chi connectivity index (χ1v) is 7.61. The highest BCUT2D eigenvalue weighted by atomic mass is 16.5. The minimum atomic E-state index is -0.615. The Morgan fingerprint density at radius 3 is 2.52 bits per heavy atom. The summed E-state index contributed by atoms with van der Waals surface area (Å²) in [5.41, 5.74) is 4.31. The fourth-order valence-corrected chi connectivity index (χ4v) is 1.66. The molecule has 2 N–H and O–H groups in total. The van der Waals surface area contributed by atoms with E-state index in [1.54, 1.807) is 7.11 Å². The molecule has 0 aliphatic rings. The van der Waals surface area contributed by atoms with E-state index in [0.717, 1.165) is 18.7 Å². The van der Waals surface area contributed by atoms with Gasteiger partial charge in [-0.3, -0.25) is 10.2 Å². The molecule has 126 valence electrons. The van der Waals surface area contributed by atoms with E-state index in [4.69, 9.17) is 4.74 Å². The molecule has 0 saturated heterocycles. The number of nitrogens with zero attached hydrogens (tertiary/aromatic N) is 2. The quantitative estimate of drug-likeness (QED) is 0.301. The largest absolute Gasteiger partial charge is 0.358 e. The van der Waals surface area contributed by atoms with Gasteiger partial charge in [0.15, 0.2) is 5.78 Å². The molecular formula is C17H26N4O2. The van der Waals surface area contributed by atoms with Gasteiger partial charge in [-0.05, 0) is 26.0 Å². The van der Waals surface area contributed by atoms with E-state index in [9.17, 15) is 4.79 Å². The summed E-state index contributed by atoms with van der Waals surface area (Å²) in [5, 5.41) is 10.9.